The Kier molecular flexibility index (Phi) is 5.67. The summed E-state index contributed by atoms with van der Waals surface area (Å²) in [5, 5.41) is 0. The van der Waals surface area contributed by atoms with Crippen LogP contribution in [0.5, 0.6) is 5.75 Å². The molecule has 0 heterocycles. The van der Waals surface area contributed by atoms with Gasteiger partial charge in [0.1, 0.15) is 5.75 Å². The molecule has 1 aliphatic rings. The van der Waals surface area contributed by atoms with Gasteiger partial charge in [-0.25, -0.2) is 9.09 Å². The normalized spacial score (nSPS) is 18.0. The van der Waals surface area contributed by atoms with E-state index in [1.54, 1.807) is 0 Å². The number of rotatable bonds is 8. The fourth-order valence-corrected chi connectivity index (χ4v) is 2.90. The van der Waals surface area contributed by atoms with E-state index in [-0.39, 0.29) is 0 Å². The predicted molar refractivity (Wildman–Crippen MR) is 84.9 cm³/mol. The van der Waals surface area contributed by atoms with Gasteiger partial charge in [-0.2, -0.15) is 0 Å². The van der Waals surface area contributed by atoms with Crippen LogP contribution >= 0.6 is 7.82 Å². The molecular formula is C16H25O5P. The third-order valence-corrected chi connectivity index (χ3v) is 4.90. The van der Waals surface area contributed by atoms with Crippen LogP contribution in [0.2, 0.25) is 0 Å². The van der Waals surface area contributed by atoms with Crippen LogP contribution in [0, 0.1) is 5.92 Å². The van der Waals surface area contributed by atoms with Crippen molar-refractivity contribution < 1.29 is 23.6 Å². The van der Waals surface area contributed by atoms with Gasteiger partial charge >= 0.3 is 7.82 Å². The number of hydrogen-bond donors (Lipinski definition) is 2. The van der Waals surface area contributed by atoms with Gasteiger partial charge in [0.2, 0.25) is 0 Å². The van der Waals surface area contributed by atoms with E-state index >= 15 is 0 Å². The zero-order valence-corrected chi connectivity index (χ0v) is 14.3. The number of para-hydroxylation sites is 1. The molecule has 1 aromatic rings. The van der Waals surface area contributed by atoms with Gasteiger partial charge in [-0.15, -0.1) is 0 Å². The molecule has 6 heteroatoms. The summed E-state index contributed by atoms with van der Waals surface area (Å²) in [5.41, 5.74) is 2.18. The SMILES string of the molecule is CC[C@@H](C)c1cccc([C@@H](C)C2CC2)c1OCOP(=O)(O)O. The van der Waals surface area contributed by atoms with Crippen LogP contribution in [0.15, 0.2) is 18.2 Å². The second-order valence-corrected chi connectivity index (χ2v) is 7.32. The molecule has 2 N–H and O–H groups in total. The first-order chi connectivity index (χ1) is 10.3. The summed E-state index contributed by atoms with van der Waals surface area (Å²) >= 11 is 0. The maximum absolute atomic E-state index is 10.8. The van der Waals surface area contributed by atoms with Crippen LogP contribution < -0.4 is 4.74 Å². The van der Waals surface area contributed by atoms with E-state index in [1.165, 1.54) is 12.8 Å². The maximum Gasteiger partial charge on any atom is 0.472 e. The lowest BCUT2D eigenvalue weighted by Gasteiger charge is -2.22. The fourth-order valence-electron chi connectivity index (χ4n) is 2.71. The molecule has 0 bridgehead atoms. The Labute approximate surface area is 131 Å². The van der Waals surface area contributed by atoms with Gasteiger partial charge < -0.3 is 14.5 Å². The number of hydrogen-bond acceptors (Lipinski definition) is 3. The summed E-state index contributed by atoms with van der Waals surface area (Å²) in [5.74, 6) is 2.10. The Morgan fingerprint density at radius 2 is 1.91 bits per heavy atom. The summed E-state index contributed by atoms with van der Waals surface area (Å²) in [6, 6.07) is 6.10. The Balaban J connectivity index is 2.26. The van der Waals surface area contributed by atoms with E-state index < -0.39 is 14.6 Å². The second kappa shape index (κ2) is 7.14. The lowest BCUT2D eigenvalue weighted by Crippen LogP contribution is -2.09. The standard InChI is InChI=1S/C16H25O5P/c1-4-11(2)14-6-5-7-15(12(3)13-8-9-13)16(14)20-10-21-22(17,18)19/h5-7,11-13H,4,8-10H2,1-3H3,(H2,17,18,19)/t11-,12+/m1/s1. The lowest BCUT2D eigenvalue weighted by molar-refractivity contribution is 0.0808. The van der Waals surface area contributed by atoms with Crippen molar-refractivity contribution >= 4 is 7.82 Å². The van der Waals surface area contributed by atoms with Gasteiger partial charge in [-0.3, -0.25) is 0 Å². The quantitative estimate of drug-likeness (QED) is 0.553. The smallest absolute Gasteiger partial charge is 0.466 e. The minimum absolute atomic E-state index is 0.316. The molecule has 1 saturated carbocycles. The zero-order chi connectivity index (χ0) is 16.3. The molecule has 0 aromatic heterocycles. The highest BCUT2D eigenvalue weighted by Crippen LogP contribution is 2.47. The fraction of sp³-hybridized carbons (Fsp3) is 0.625. The molecule has 0 amide bonds. The van der Waals surface area contributed by atoms with Crippen LogP contribution in [0.3, 0.4) is 0 Å². The first-order valence-corrected chi connectivity index (χ1v) is 9.32. The minimum Gasteiger partial charge on any atom is -0.466 e. The van der Waals surface area contributed by atoms with Crippen LogP contribution in [-0.2, 0) is 9.09 Å². The summed E-state index contributed by atoms with van der Waals surface area (Å²) in [6.45, 7) is 5.97. The van der Waals surface area contributed by atoms with Crippen LogP contribution in [-0.4, -0.2) is 16.6 Å². The lowest BCUT2D eigenvalue weighted by atomic mass is 9.89. The molecule has 124 valence electrons. The summed E-state index contributed by atoms with van der Waals surface area (Å²) in [6.07, 6.45) is 3.43. The van der Waals surface area contributed by atoms with Crippen molar-refractivity contribution in [2.45, 2.75) is 51.9 Å². The molecule has 1 aromatic carbocycles. The number of benzene rings is 1. The molecule has 1 aliphatic carbocycles. The Morgan fingerprint density at radius 3 is 2.45 bits per heavy atom. The molecule has 2 atom stereocenters. The van der Waals surface area contributed by atoms with Gasteiger partial charge in [0.05, 0.1) is 0 Å². The first kappa shape index (κ1) is 17.5. The zero-order valence-electron chi connectivity index (χ0n) is 13.4. The molecule has 0 unspecified atom stereocenters. The van der Waals surface area contributed by atoms with Crippen LogP contribution in [0.1, 0.15) is 63.0 Å². The van der Waals surface area contributed by atoms with Crippen molar-refractivity contribution in [3.05, 3.63) is 29.3 Å². The van der Waals surface area contributed by atoms with Crippen molar-refractivity contribution in [2.75, 3.05) is 6.79 Å². The van der Waals surface area contributed by atoms with Crippen molar-refractivity contribution in [3.63, 3.8) is 0 Å². The molecule has 2 rings (SSSR count). The Morgan fingerprint density at radius 1 is 1.27 bits per heavy atom. The van der Waals surface area contributed by atoms with E-state index in [9.17, 15) is 4.57 Å². The average Bonchev–Trinajstić information content (AvgIpc) is 3.29. The number of ether oxygens (including phenoxy) is 1. The predicted octanol–water partition coefficient (Wildman–Crippen LogP) is 4.16. The average molecular weight is 328 g/mol. The largest absolute Gasteiger partial charge is 0.472 e. The highest BCUT2D eigenvalue weighted by Gasteiger charge is 2.31. The van der Waals surface area contributed by atoms with Gasteiger partial charge in [-0.1, -0.05) is 39.0 Å². The Hall–Kier alpha value is -0.870. The molecule has 0 radical (unpaired) electrons. The van der Waals surface area contributed by atoms with Gasteiger partial charge in [0.25, 0.3) is 0 Å². The first-order valence-electron chi connectivity index (χ1n) is 7.79. The molecule has 22 heavy (non-hydrogen) atoms. The minimum atomic E-state index is -4.52. The molecule has 1 fully saturated rings. The second-order valence-electron chi connectivity index (χ2n) is 6.08. The van der Waals surface area contributed by atoms with E-state index in [0.29, 0.717) is 17.8 Å². The number of phosphoric acid groups is 1. The van der Waals surface area contributed by atoms with E-state index in [0.717, 1.165) is 23.3 Å². The summed E-state index contributed by atoms with van der Waals surface area (Å²) in [7, 11) is -4.52. The van der Waals surface area contributed by atoms with Gasteiger partial charge in [-0.05, 0) is 48.1 Å². The Bertz CT molecular complexity index is 549. The van der Waals surface area contributed by atoms with Gasteiger partial charge in [0, 0.05) is 0 Å². The number of phosphoric ester groups is 1. The molecular weight excluding hydrogens is 303 g/mol. The highest BCUT2D eigenvalue weighted by atomic mass is 31.2. The molecule has 5 nitrogen and oxygen atoms in total. The van der Waals surface area contributed by atoms with Crippen LogP contribution in [0.4, 0.5) is 0 Å². The van der Waals surface area contributed by atoms with E-state index in [1.807, 2.05) is 18.2 Å². The summed E-state index contributed by atoms with van der Waals surface area (Å²) in [4.78, 5) is 17.6. The van der Waals surface area contributed by atoms with Crippen LogP contribution in [0.25, 0.3) is 0 Å². The highest BCUT2D eigenvalue weighted by molar-refractivity contribution is 7.46. The third-order valence-electron chi connectivity index (χ3n) is 4.46. The van der Waals surface area contributed by atoms with Crippen molar-refractivity contribution in [1.82, 2.24) is 0 Å². The van der Waals surface area contributed by atoms with Crippen molar-refractivity contribution in [3.8, 4) is 5.75 Å². The van der Waals surface area contributed by atoms with Gasteiger partial charge in [0.15, 0.2) is 6.79 Å². The van der Waals surface area contributed by atoms with E-state index in [4.69, 9.17) is 14.5 Å². The van der Waals surface area contributed by atoms with E-state index in [2.05, 4.69) is 25.3 Å². The van der Waals surface area contributed by atoms with Crippen molar-refractivity contribution in [1.29, 1.82) is 0 Å². The molecule has 0 spiro atoms. The maximum atomic E-state index is 10.8. The topological polar surface area (TPSA) is 76.0 Å². The van der Waals surface area contributed by atoms with Crippen molar-refractivity contribution in [2.24, 2.45) is 5.92 Å². The molecule has 0 saturated heterocycles. The molecule has 0 aliphatic heterocycles. The summed E-state index contributed by atoms with van der Waals surface area (Å²) < 4.78 is 20.9. The monoisotopic (exact) mass is 328 g/mol. The third kappa shape index (κ3) is 4.56.